The number of hydrogen-bond donors (Lipinski definition) is 6. The van der Waals surface area contributed by atoms with Crippen LogP contribution in [0.25, 0.3) is 0 Å². The second kappa shape index (κ2) is 50.9. The predicted octanol–water partition coefficient (Wildman–Crippen LogP) is 12.5. The molecule has 0 spiro atoms. The lowest BCUT2D eigenvalue weighted by atomic mass is 9.77. The monoisotopic (exact) mass is 1090 g/mol. The van der Waals surface area contributed by atoms with Crippen molar-refractivity contribution in [2.45, 2.75) is 69.0 Å². The number of hydrogen-bond acceptors (Lipinski definition) is 18. The smallest absolute Gasteiger partial charge is 0.0675 e. The molecule has 0 fully saturated rings. The molecular formula is C39H80O2S16. The summed E-state index contributed by atoms with van der Waals surface area (Å²) in [6, 6.07) is 0. The van der Waals surface area contributed by atoms with Gasteiger partial charge in [0.05, 0.1) is 11.2 Å². The molecule has 0 aromatic rings. The molecule has 0 aliphatic heterocycles. The summed E-state index contributed by atoms with van der Waals surface area (Å²) in [4.78, 5) is 0. The SMILES string of the molecule is OC(CCCSCCSCCSCCS)(CCCSCCSCCSCCS)CC(O)(CCCSCCSCCSCCS)CCCSCCSCCSCCS. The first kappa shape index (κ1) is 62.5. The van der Waals surface area contributed by atoms with Crippen LogP contribution < -0.4 is 0 Å². The van der Waals surface area contributed by atoms with Crippen LogP contribution in [0.4, 0.5) is 0 Å². The van der Waals surface area contributed by atoms with Gasteiger partial charge in [-0.15, -0.1) is 0 Å². The van der Waals surface area contributed by atoms with Crippen molar-refractivity contribution in [1.82, 2.24) is 0 Å². The fourth-order valence-corrected chi connectivity index (χ4v) is 19.1. The molecule has 0 bridgehead atoms. The van der Waals surface area contributed by atoms with E-state index in [1.54, 1.807) is 0 Å². The van der Waals surface area contributed by atoms with Gasteiger partial charge in [-0.1, -0.05) is 0 Å². The van der Waals surface area contributed by atoms with E-state index in [9.17, 15) is 10.2 Å². The molecule has 0 saturated heterocycles. The number of thioether (sulfide) groups is 12. The molecule has 0 atom stereocenters. The van der Waals surface area contributed by atoms with E-state index in [1.165, 1.54) is 92.0 Å². The van der Waals surface area contributed by atoms with Gasteiger partial charge in [-0.2, -0.15) is 192 Å². The summed E-state index contributed by atoms with van der Waals surface area (Å²) < 4.78 is 0. The van der Waals surface area contributed by atoms with Gasteiger partial charge >= 0.3 is 0 Å². The van der Waals surface area contributed by atoms with Crippen molar-refractivity contribution in [3.05, 3.63) is 0 Å². The van der Waals surface area contributed by atoms with Crippen LogP contribution >= 0.6 is 192 Å². The second-order valence-corrected chi connectivity index (χ2v) is 29.8. The molecule has 0 amide bonds. The first-order chi connectivity index (χ1) is 27.9. The first-order valence-corrected chi connectivity index (χ1v) is 37.1. The van der Waals surface area contributed by atoms with Crippen LogP contribution in [0.5, 0.6) is 0 Å². The lowest BCUT2D eigenvalue weighted by Crippen LogP contribution is -2.42. The van der Waals surface area contributed by atoms with Gasteiger partial charge in [-0.3, -0.25) is 0 Å². The van der Waals surface area contributed by atoms with E-state index >= 15 is 0 Å². The van der Waals surface area contributed by atoms with E-state index in [-0.39, 0.29) is 0 Å². The molecule has 0 aliphatic carbocycles. The van der Waals surface area contributed by atoms with Gasteiger partial charge in [-0.25, -0.2) is 0 Å². The molecule has 0 unspecified atom stereocenters. The highest BCUT2D eigenvalue weighted by molar-refractivity contribution is 8.06. The van der Waals surface area contributed by atoms with Crippen molar-refractivity contribution in [2.24, 2.45) is 0 Å². The largest absolute Gasteiger partial charge is 0.390 e. The van der Waals surface area contributed by atoms with E-state index in [2.05, 4.69) is 97.6 Å². The molecule has 18 heteroatoms. The standard InChI is InChI=1S/C39H80O2S16/c40-38(5-1-13-46-21-29-54-33-25-50-17-9-42,6-2-14-47-22-30-55-34-26-51-18-10-43)37-39(41,7-3-15-48-23-31-56-35-27-52-19-11-44)8-4-16-49-24-32-57-36-28-53-20-12-45/h40-45H,1-37H2. The Morgan fingerprint density at radius 1 is 0.246 bits per heavy atom. The van der Waals surface area contributed by atoms with Crippen LogP contribution in [0.15, 0.2) is 0 Å². The van der Waals surface area contributed by atoms with Crippen molar-refractivity contribution < 1.29 is 10.2 Å². The summed E-state index contributed by atoms with van der Waals surface area (Å²) in [5.41, 5.74) is -1.59. The molecule has 2 nitrogen and oxygen atoms in total. The zero-order valence-corrected chi connectivity index (χ0v) is 48.1. The third-order valence-electron chi connectivity index (χ3n) is 8.30. The molecule has 0 heterocycles. The maximum Gasteiger partial charge on any atom is 0.0675 e. The maximum atomic E-state index is 12.4. The Kier molecular flexibility index (Phi) is 55.9. The fourth-order valence-electron chi connectivity index (χ4n) is 5.65. The van der Waals surface area contributed by atoms with Crippen LogP contribution in [0.3, 0.4) is 0 Å². The van der Waals surface area contributed by atoms with Crippen molar-refractivity contribution in [2.75, 3.05) is 161 Å². The molecule has 0 aromatic carbocycles. The van der Waals surface area contributed by atoms with Crippen molar-refractivity contribution >= 4 is 192 Å². The molecule has 57 heavy (non-hydrogen) atoms. The average Bonchev–Trinajstić information content (AvgIpc) is 3.20. The summed E-state index contributed by atoms with van der Waals surface area (Å²) in [6.07, 6.45) is 7.84. The van der Waals surface area contributed by atoms with Crippen LogP contribution in [0.2, 0.25) is 0 Å². The van der Waals surface area contributed by atoms with Crippen LogP contribution in [0.1, 0.15) is 57.8 Å². The van der Waals surface area contributed by atoms with Gasteiger partial charge in [0.15, 0.2) is 0 Å². The topological polar surface area (TPSA) is 40.5 Å². The van der Waals surface area contributed by atoms with Crippen LogP contribution in [-0.4, -0.2) is 182 Å². The highest BCUT2D eigenvalue weighted by atomic mass is 32.2. The van der Waals surface area contributed by atoms with E-state index in [4.69, 9.17) is 0 Å². The first-order valence-electron chi connectivity index (χ1n) is 20.8. The van der Waals surface area contributed by atoms with E-state index < -0.39 is 11.2 Å². The van der Waals surface area contributed by atoms with Gasteiger partial charge in [0.2, 0.25) is 0 Å². The number of rotatable bonds is 50. The Hall–Kier alpha value is 5.52. The quantitative estimate of drug-likeness (QED) is 0.0259. The fraction of sp³-hybridized carbons (Fsp3) is 1.00. The van der Waals surface area contributed by atoms with Crippen molar-refractivity contribution in [1.29, 1.82) is 0 Å². The lowest BCUT2D eigenvalue weighted by molar-refractivity contribution is -0.0809. The van der Waals surface area contributed by atoms with Crippen LogP contribution in [-0.2, 0) is 0 Å². The Bertz CT molecular complexity index is 668. The summed E-state index contributed by atoms with van der Waals surface area (Å²) >= 11 is 41.7. The zero-order valence-electron chi connectivity index (χ0n) is 34.7. The second-order valence-electron chi connectivity index (χ2n) is 13.3. The molecule has 0 saturated carbocycles. The summed E-state index contributed by atoms with van der Waals surface area (Å²) in [5.74, 6) is 32.2. The van der Waals surface area contributed by atoms with E-state index in [0.717, 1.165) is 120 Å². The van der Waals surface area contributed by atoms with Gasteiger partial charge in [0, 0.05) is 121 Å². The Morgan fingerprint density at radius 3 is 0.579 bits per heavy atom. The predicted molar refractivity (Wildman–Crippen MR) is 315 cm³/mol. The van der Waals surface area contributed by atoms with E-state index in [0.29, 0.717) is 6.42 Å². The molecule has 0 aliphatic rings. The third kappa shape index (κ3) is 47.8. The highest BCUT2D eigenvalue weighted by Gasteiger charge is 2.37. The molecular weight excluding hydrogens is 1010 g/mol. The highest BCUT2D eigenvalue weighted by Crippen LogP contribution is 2.36. The minimum Gasteiger partial charge on any atom is -0.390 e. The Morgan fingerprint density at radius 2 is 0.404 bits per heavy atom. The van der Waals surface area contributed by atoms with Crippen molar-refractivity contribution in [3.63, 3.8) is 0 Å². The third-order valence-corrected chi connectivity index (χ3v) is 24.6. The summed E-state index contributed by atoms with van der Waals surface area (Å²) in [7, 11) is 0. The van der Waals surface area contributed by atoms with Crippen molar-refractivity contribution in [3.8, 4) is 0 Å². The van der Waals surface area contributed by atoms with Gasteiger partial charge in [0.1, 0.15) is 0 Å². The summed E-state index contributed by atoms with van der Waals surface area (Å²) in [6.45, 7) is 0. The van der Waals surface area contributed by atoms with Gasteiger partial charge in [0.25, 0.3) is 0 Å². The zero-order chi connectivity index (χ0) is 41.6. The molecule has 2 N–H and O–H groups in total. The summed E-state index contributed by atoms with van der Waals surface area (Å²) in [5, 5.41) is 24.7. The van der Waals surface area contributed by atoms with Gasteiger partial charge in [-0.05, 0) is 97.4 Å². The minimum absolute atomic E-state index is 0.532. The maximum absolute atomic E-state index is 12.4. The van der Waals surface area contributed by atoms with Crippen LogP contribution in [0, 0.1) is 0 Å². The van der Waals surface area contributed by atoms with Gasteiger partial charge < -0.3 is 10.2 Å². The minimum atomic E-state index is -0.794. The normalized spacial score (nSPS) is 12.3. The number of thiol groups is 4. The Labute approximate surface area is 426 Å². The Balaban J connectivity index is 5.09. The molecule has 0 aromatic heterocycles. The molecule has 344 valence electrons. The molecule has 0 rings (SSSR count). The number of aliphatic hydroxyl groups is 2. The lowest BCUT2D eigenvalue weighted by Gasteiger charge is -2.38. The molecule has 0 radical (unpaired) electrons. The average molecular weight is 1090 g/mol. The van der Waals surface area contributed by atoms with E-state index in [1.807, 2.05) is 94.1 Å².